The van der Waals surface area contributed by atoms with Gasteiger partial charge in [-0.3, -0.25) is 9.80 Å². The Bertz CT molecular complexity index is 2710. The van der Waals surface area contributed by atoms with Crippen molar-refractivity contribution < 1.29 is 0 Å². The van der Waals surface area contributed by atoms with Crippen LogP contribution in [0, 0.1) is 0 Å². The molecule has 9 rings (SSSR count). The average Bonchev–Trinajstić information content (AvgIpc) is 3.53. The fourth-order valence-corrected chi connectivity index (χ4v) is 11.1. The highest BCUT2D eigenvalue weighted by atomic mass is 32.1. The van der Waals surface area contributed by atoms with Crippen LogP contribution in [0.5, 0.6) is 0 Å². The van der Waals surface area contributed by atoms with Crippen LogP contribution < -0.4 is 25.5 Å². The second kappa shape index (κ2) is 13.1. The molecule has 0 saturated heterocycles. The number of anilines is 6. The molecule has 2 aliphatic heterocycles. The van der Waals surface area contributed by atoms with Crippen LogP contribution in [0.15, 0.2) is 78.9 Å². The van der Waals surface area contributed by atoms with Crippen molar-refractivity contribution >= 4 is 78.2 Å². The zero-order valence-electron chi connectivity index (χ0n) is 39.2. The molecule has 0 atom stereocenters. The van der Waals surface area contributed by atoms with Gasteiger partial charge in [-0.05, 0) is 116 Å². The number of thiophene rings is 1. The fraction of sp³-hybridized carbons (Fsp3) is 0.444. The van der Waals surface area contributed by atoms with Crippen molar-refractivity contribution in [1.29, 1.82) is 0 Å². The highest BCUT2D eigenvalue weighted by Crippen LogP contribution is 2.51. The molecule has 310 valence electrons. The van der Waals surface area contributed by atoms with Crippen molar-refractivity contribution in [3.05, 3.63) is 113 Å². The Morgan fingerprint density at radius 1 is 0.550 bits per heavy atom. The number of hydrogen-bond acceptors (Lipinski definition) is 5. The van der Waals surface area contributed by atoms with E-state index in [2.05, 4.69) is 199 Å². The Morgan fingerprint density at radius 2 is 1.08 bits per heavy atom. The van der Waals surface area contributed by atoms with Gasteiger partial charge in [-0.1, -0.05) is 147 Å². The second-order valence-corrected chi connectivity index (χ2v) is 24.6. The maximum absolute atomic E-state index is 5.78. The number of hydrogen-bond donors (Lipinski definition) is 0. The quantitative estimate of drug-likeness (QED) is 0.163. The number of fused-ring (bicyclic) bond motifs is 7. The number of rotatable bonds is 2. The molecule has 4 heterocycles. The van der Waals surface area contributed by atoms with E-state index in [-0.39, 0.29) is 39.2 Å². The van der Waals surface area contributed by atoms with E-state index >= 15 is 0 Å². The molecule has 1 aliphatic carbocycles. The lowest BCUT2D eigenvalue weighted by Crippen LogP contribution is -2.61. The van der Waals surface area contributed by atoms with Gasteiger partial charge < -0.3 is 0 Å². The van der Waals surface area contributed by atoms with Crippen LogP contribution in [0.25, 0.3) is 10.1 Å². The lowest BCUT2D eigenvalue weighted by molar-refractivity contribution is 0.332. The smallest absolute Gasteiger partial charge is 0.268 e. The van der Waals surface area contributed by atoms with Crippen LogP contribution in [-0.2, 0) is 32.5 Å². The summed E-state index contributed by atoms with van der Waals surface area (Å²) in [5, 5.41) is 1.30. The molecule has 3 aliphatic rings. The summed E-state index contributed by atoms with van der Waals surface area (Å²) in [5.74, 6) is 2.83. The van der Waals surface area contributed by atoms with Crippen molar-refractivity contribution in [2.45, 2.75) is 156 Å². The standard InChI is InChI=1S/C54H65BN4S/c1-49(2,3)32-17-21-35(22-18-32)58-41-25-19-34(51(7,8)9)30-40(41)55-43-46(58)56-48(52(10,11)12)57-47(43)59(36-23-24-38-39(31-36)54(15,16)28-27-53(38,13)14)44-37-29-33(50(4,5)6)20-26-42(37)60-45(44)55/h17-26,29-31H,27-28H2,1-16H3. The summed E-state index contributed by atoms with van der Waals surface area (Å²) >= 11 is 1.96. The number of aromatic nitrogens is 2. The molecular weight excluding hydrogens is 748 g/mol. The van der Waals surface area contributed by atoms with Crippen LogP contribution in [-0.4, -0.2) is 16.7 Å². The van der Waals surface area contributed by atoms with E-state index in [0.717, 1.165) is 29.6 Å². The minimum atomic E-state index is -0.302. The van der Waals surface area contributed by atoms with Gasteiger partial charge in [0.05, 0.1) is 5.69 Å². The Morgan fingerprint density at radius 3 is 1.68 bits per heavy atom. The molecule has 6 heteroatoms. The first-order valence-corrected chi connectivity index (χ1v) is 23.1. The van der Waals surface area contributed by atoms with Crippen LogP contribution in [0.4, 0.5) is 34.4 Å². The molecule has 4 nitrogen and oxygen atoms in total. The molecule has 0 unspecified atom stereocenters. The molecule has 0 fully saturated rings. The predicted octanol–water partition coefficient (Wildman–Crippen LogP) is 13.3. The lowest BCUT2D eigenvalue weighted by Gasteiger charge is -2.44. The zero-order chi connectivity index (χ0) is 43.3. The highest BCUT2D eigenvalue weighted by Gasteiger charge is 2.48. The maximum atomic E-state index is 5.78. The van der Waals surface area contributed by atoms with Crippen molar-refractivity contribution in [3.63, 3.8) is 0 Å². The van der Waals surface area contributed by atoms with Crippen molar-refractivity contribution in [2.24, 2.45) is 0 Å². The van der Waals surface area contributed by atoms with Gasteiger partial charge in [-0.2, -0.15) is 0 Å². The predicted molar refractivity (Wildman–Crippen MR) is 262 cm³/mol. The van der Waals surface area contributed by atoms with Gasteiger partial charge in [0.15, 0.2) is 0 Å². The molecule has 0 amide bonds. The normalized spacial score (nSPS) is 17.0. The molecule has 0 saturated carbocycles. The van der Waals surface area contributed by atoms with Crippen LogP contribution in [0.2, 0.25) is 0 Å². The topological polar surface area (TPSA) is 32.3 Å². The fourth-order valence-electron chi connectivity index (χ4n) is 9.82. The van der Waals surface area contributed by atoms with Crippen LogP contribution in [0.3, 0.4) is 0 Å². The first-order chi connectivity index (χ1) is 27.8. The number of nitrogens with zero attached hydrogens (tertiary/aromatic N) is 4. The van der Waals surface area contributed by atoms with Gasteiger partial charge in [0.1, 0.15) is 17.5 Å². The summed E-state index contributed by atoms with van der Waals surface area (Å²) in [7, 11) is 0. The van der Waals surface area contributed by atoms with E-state index < -0.39 is 0 Å². The highest BCUT2D eigenvalue weighted by molar-refractivity contribution is 7.33. The first kappa shape index (κ1) is 41.0. The minimum absolute atomic E-state index is 0.00132. The van der Waals surface area contributed by atoms with E-state index in [4.69, 9.17) is 9.97 Å². The Labute approximate surface area is 365 Å². The third-order valence-corrected chi connectivity index (χ3v) is 15.1. The summed E-state index contributed by atoms with van der Waals surface area (Å²) in [5.41, 5.74) is 14.1. The maximum Gasteiger partial charge on any atom is 0.268 e. The Balaban J connectivity index is 1.43. The van der Waals surface area contributed by atoms with E-state index in [1.807, 2.05) is 11.3 Å². The molecule has 6 aromatic rings. The lowest BCUT2D eigenvalue weighted by atomic mass is 9.36. The van der Waals surface area contributed by atoms with E-state index in [1.54, 1.807) is 0 Å². The molecule has 0 bridgehead atoms. The molecule has 4 aromatic carbocycles. The van der Waals surface area contributed by atoms with Gasteiger partial charge in [-0.25, -0.2) is 9.97 Å². The summed E-state index contributed by atoms with van der Waals surface area (Å²) in [6.07, 6.45) is 2.34. The molecule has 2 aromatic heterocycles. The summed E-state index contributed by atoms with van der Waals surface area (Å²) in [4.78, 5) is 16.5. The molecular formula is C54H65BN4S. The van der Waals surface area contributed by atoms with E-state index in [0.29, 0.717) is 0 Å². The Kier molecular flexibility index (Phi) is 8.91. The van der Waals surface area contributed by atoms with Gasteiger partial charge in [0, 0.05) is 42.8 Å². The zero-order valence-corrected chi connectivity index (χ0v) is 40.0. The van der Waals surface area contributed by atoms with Gasteiger partial charge in [0.25, 0.3) is 6.71 Å². The van der Waals surface area contributed by atoms with Crippen LogP contribution >= 0.6 is 11.3 Å². The summed E-state index contributed by atoms with van der Waals surface area (Å²) < 4.78 is 2.67. The van der Waals surface area contributed by atoms with Crippen molar-refractivity contribution in [1.82, 2.24) is 9.97 Å². The monoisotopic (exact) mass is 813 g/mol. The molecule has 0 N–H and O–H groups in total. The Hall–Kier alpha value is -4.42. The van der Waals surface area contributed by atoms with Crippen molar-refractivity contribution in [3.8, 4) is 0 Å². The van der Waals surface area contributed by atoms with Gasteiger partial charge in [-0.15, -0.1) is 11.3 Å². The second-order valence-electron chi connectivity index (χ2n) is 23.6. The van der Waals surface area contributed by atoms with Gasteiger partial charge in [0.2, 0.25) is 0 Å². The van der Waals surface area contributed by atoms with Crippen LogP contribution in [0.1, 0.15) is 157 Å². The number of benzene rings is 4. The minimum Gasteiger partial charge on any atom is -0.296 e. The third-order valence-electron chi connectivity index (χ3n) is 13.9. The molecule has 60 heavy (non-hydrogen) atoms. The summed E-state index contributed by atoms with van der Waals surface area (Å²) in [6.45, 7) is 37.3. The SMILES string of the molecule is CC(C)(C)c1ccc(N2c3ccc(C(C)(C)C)cc3B3c4sc5ccc(C(C)(C)C)cc5c4N(c4ccc5c(c4)C(C)(C)CCC5(C)C)c4nc(C(C)(C)C)nc2c43)cc1. The van der Waals surface area contributed by atoms with E-state index in [1.165, 1.54) is 77.1 Å². The largest absolute Gasteiger partial charge is 0.296 e. The third kappa shape index (κ3) is 6.45. The first-order valence-electron chi connectivity index (χ1n) is 22.3. The summed E-state index contributed by atoms with van der Waals surface area (Å²) in [6, 6.07) is 31.0. The average molecular weight is 813 g/mol. The molecule has 0 spiro atoms. The van der Waals surface area contributed by atoms with Crippen molar-refractivity contribution in [2.75, 3.05) is 9.80 Å². The van der Waals surface area contributed by atoms with Gasteiger partial charge >= 0.3 is 0 Å². The van der Waals surface area contributed by atoms with E-state index in [9.17, 15) is 0 Å². The molecule has 0 radical (unpaired) electrons.